The summed E-state index contributed by atoms with van der Waals surface area (Å²) in [7, 11) is 0. The maximum absolute atomic E-state index is 11.2. The maximum Gasteiger partial charge on any atom is 0.352 e. The molecule has 0 fully saturated rings. The van der Waals surface area contributed by atoms with E-state index < -0.39 is 0 Å². The molecule has 0 aliphatic rings. The van der Waals surface area contributed by atoms with Gasteiger partial charge in [0, 0.05) is 12.1 Å². The third-order valence-corrected chi connectivity index (χ3v) is 1.49. The lowest BCUT2D eigenvalue weighted by atomic mass is 10.2. The Labute approximate surface area is 80.1 Å². The van der Waals surface area contributed by atoms with Crippen LogP contribution in [0, 0.1) is 5.92 Å². The number of hydrogen-bond donors (Lipinski definition) is 1. The molecule has 0 aliphatic heterocycles. The first-order valence-corrected chi connectivity index (χ1v) is 4.68. The smallest absolute Gasteiger partial charge is 0.352 e. The Balaban J connectivity index is 3.69. The summed E-state index contributed by atoms with van der Waals surface area (Å²) in [4.78, 5) is 16.0. The fraction of sp³-hybridized carbons (Fsp3) is 0.700. The number of hydrogen-bond acceptors (Lipinski definition) is 3. The van der Waals surface area contributed by atoms with Crippen molar-refractivity contribution >= 4 is 5.97 Å². The molecule has 13 heavy (non-hydrogen) atoms. The number of nitrogens with one attached hydrogen (secondary N) is 1. The van der Waals surface area contributed by atoms with Crippen LogP contribution in [0.4, 0.5) is 0 Å². The van der Waals surface area contributed by atoms with Gasteiger partial charge in [0.05, 0.1) is 0 Å². The number of carbonyl (C=O) groups is 1. The maximum atomic E-state index is 11.2. The van der Waals surface area contributed by atoms with Gasteiger partial charge in [-0.2, -0.15) is 5.48 Å². The van der Waals surface area contributed by atoms with Crippen molar-refractivity contribution in [1.29, 1.82) is 0 Å². The molecule has 0 amide bonds. The predicted molar refractivity (Wildman–Crippen MR) is 53.0 cm³/mol. The molecule has 1 N–H and O–H groups in total. The largest absolute Gasteiger partial charge is 0.367 e. The van der Waals surface area contributed by atoms with Crippen LogP contribution in [0.2, 0.25) is 0 Å². The van der Waals surface area contributed by atoms with Crippen molar-refractivity contribution in [2.75, 3.05) is 6.54 Å². The Morgan fingerprint density at radius 1 is 1.54 bits per heavy atom. The van der Waals surface area contributed by atoms with Crippen molar-refractivity contribution in [3.63, 3.8) is 0 Å². The van der Waals surface area contributed by atoms with Gasteiger partial charge in [-0.1, -0.05) is 26.8 Å². The molecule has 3 nitrogen and oxygen atoms in total. The number of allylic oxidation sites excluding steroid dienone is 1. The van der Waals surface area contributed by atoms with Gasteiger partial charge in [-0.25, -0.2) is 4.79 Å². The summed E-state index contributed by atoms with van der Waals surface area (Å²) >= 11 is 0. The first-order valence-electron chi connectivity index (χ1n) is 4.68. The summed E-state index contributed by atoms with van der Waals surface area (Å²) < 4.78 is 0. The minimum atomic E-state index is -0.289. The molecule has 0 aliphatic carbocycles. The van der Waals surface area contributed by atoms with Crippen LogP contribution in [0.3, 0.4) is 0 Å². The van der Waals surface area contributed by atoms with Crippen LogP contribution in [-0.4, -0.2) is 12.5 Å². The van der Waals surface area contributed by atoms with Crippen LogP contribution in [0.1, 0.15) is 34.1 Å². The molecule has 0 unspecified atom stereocenters. The SMILES string of the molecule is CCC=C(C)C(=O)ONCC(C)C. The van der Waals surface area contributed by atoms with Crippen molar-refractivity contribution in [2.24, 2.45) is 5.92 Å². The van der Waals surface area contributed by atoms with E-state index in [1.54, 1.807) is 6.92 Å². The van der Waals surface area contributed by atoms with Crippen molar-refractivity contribution in [1.82, 2.24) is 5.48 Å². The van der Waals surface area contributed by atoms with Gasteiger partial charge in [-0.05, 0) is 19.3 Å². The lowest BCUT2D eigenvalue weighted by molar-refractivity contribution is -0.146. The Morgan fingerprint density at radius 2 is 2.15 bits per heavy atom. The molecule has 0 heterocycles. The lowest BCUT2D eigenvalue weighted by Crippen LogP contribution is -2.24. The Bertz CT molecular complexity index is 185. The average molecular weight is 185 g/mol. The average Bonchev–Trinajstić information content (AvgIpc) is 2.04. The molecule has 0 saturated heterocycles. The highest BCUT2D eigenvalue weighted by Gasteiger charge is 2.04. The summed E-state index contributed by atoms with van der Waals surface area (Å²) in [6, 6.07) is 0. The summed E-state index contributed by atoms with van der Waals surface area (Å²) in [5.74, 6) is 0.186. The summed E-state index contributed by atoms with van der Waals surface area (Å²) in [6.07, 6.45) is 2.70. The van der Waals surface area contributed by atoms with E-state index in [2.05, 4.69) is 19.3 Å². The van der Waals surface area contributed by atoms with Gasteiger partial charge >= 0.3 is 5.97 Å². The van der Waals surface area contributed by atoms with Gasteiger partial charge in [-0.15, -0.1) is 0 Å². The predicted octanol–water partition coefficient (Wildman–Crippen LogP) is 2.05. The first-order chi connectivity index (χ1) is 6.07. The fourth-order valence-electron chi connectivity index (χ4n) is 0.744. The van der Waals surface area contributed by atoms with Gasteiger partial charge in [-0.3, -0.25) is 0 Å². The molecular weight excluding hydrogens is 166 g/mol. The van der Waals surface area contributed by atoms with Crippen molar-refractivity contribution in [3.8, 4) is 0 Å². The summed E-state index contributed by atoms with van der Waals surface area (Å²) in [5, 5.41) is 0. The van der Waals surface area contributed by atoms with Gasteiger partial charge < -0.3 is 4.84 Å². The highest BCUT2D eigenvalue weighted by Crippen LogP contribution is 1.97. The van der Waals surface area contributed by atoms with Crippen LogP contribution >= 0.6 is 0 Å². The molecule has 0 radical (unpaired) electrons. The van der Waals surface area contributed by atoms with E-state index in [0.717, 1.165) is 6.42 Å². The molecule has 0 aromatic heterocycles. The summed E-state index contributed by atoms with van der Waals surface area (Å²) in [6.45, 7) is 8.53. The van der Waals surface area contributed by atoms with E-state index in [9.17, 15) is 4.79 Å². The van der Waals surface area contributed by atoms with E-state index in [0.29, 0.717) is 18.0 Å². The van der Waals surface area contributed by atoms with Crippen LogP contribution in [0.15, 0.2) is 11.6 Å². The zero-order valence-corrected chi connectivity index (χ0v) is 8.89. The second-order valence-corrected chi connectivity index (χ2v) is 3.43. The monoisotopic (exact) mass is 185 g/mol. The fourth-order valence-corrected chi connectivity index (χ4v) is 0.744. The van der Waals surface area contributed by atoms with E-state index in [1.807, 2.05) is 13.0 Å². The molecule has 76 valence electrons. The second-order valence-electron chi connectivity index (χ2n) is 3.43. The van der Waals surface area contributed by atoms with Crippen LogP contribution in [0.25, 0.3) is 0 Å². The molecular formula is C10H19NO2. The standard InChI is InChI=1S/C10H19NO2/c1-5-6-9(4)10(12)13-11-7-8(2)3/h6,8,11H,5,7H2,1-4H3. The Hall–Kier alpha value is -0.830. The molecule has 0 atom stereocenters. The number of carbonyl (C=O) groups excluding carboxylic acids is 1. The van der Waals surface area contributed by atoms with Crippen molar-refractivity contribution in [2.45, 2.75) is 34.1 Å². The molecule has 0 aromatic rings. The van der Waals surface area contributed by atoms with Crippen LogP contribution < -0.4 is 5.48 Å². The summed E-state index contributed by atoms with van der Waals surface area (Å²) in [5.41, 5.74) is 3.29. The van der Waals surface area contributed by atoms with E-state index in [-0.39, 0.29) is 5.97 Å². The van der Waals surface area contributed by atoms with Gasteiger partial charge in [0.2, 0.25) is 0 Å². The molecule has 0 aromatic carbocycles. The number of hydroxylamine groups is 1. The molecule has 0 spiro atoms. The second kappa shape index (κ2) is 6.66. The Kier molecular flexibility index (Phi) is 6.24. The Morgan fingerprint density at radius 3 is 2.62 bits per heavy atom. The van der Waals surface area contributed by atoms with Crippen LogP contribution in [-0.2, 0) is 9.63 Å². The quantitative estimate of drug-likeness (QED) is 0.526. The minimum absolute atomic E-state index is 0.289. The third-order valence-electron chi connectivity index (χ3n) is 1.49. The van der Waals surface area contributed by atoms with Crippen molar-refractivity contribution < 1.29 is 9.63 Å². The molecule has 0 bridgehead atoms. The van der Waals surface area contributed by atoms with E-state index in [4.69, 9.17) is 4.84 Å². The van der Waals surface area contributed by atoms with Crippen molar-refractivity contribution in [3.05, 3.63) is 11.6 Å². The molecule has 0 rings (SSSR count). The van der Waals surface area contributed by atoms with Gasteiger partial charge in [0.25, 0.3) is 0 Å². The van der Waals surface area contributed by atoms with E-state index in [1.165, 1.54) is 0 Å². The first kappa shape index (κ1) is 12.2. The minimum Gasteiger partial charge on any atom is -0.367 e. The third kappa shape index (κ3) is 6.34. The van der Waals surface area contributed by atoms with Gasteiger partial charge in [0.15, 0.2) is 0 Å². The zero-order valence-electron chi connectivity index (χ0n) is 8.89. The normalized spacial score (nSPS) is 11.9. The highest BCUT2D eigenvalue weighted by atomic mass is 16.7. The lowest BCUT2D eigenvalue weighted by Gasteiger charge is -2.07. The van der Waals surface area contributed by atoms with E-state index >= 15 is 0 Å². The highest BCUT2D eigenvalue weighted by molar-refractivity contribution is 5.87. The van der Waals surface area contributed by atoms with Crippen LogP contribution in [0.5, 0.6) is 0 Å². The topological polar surface area (TPSA) is 38.3 Å². The molecule has 0 saturated carbocycles. The number of rotatable bonds is 5. The zero-order chi connectivity index (χ0) is 10.3. The molecule has 3 heteroatoms. The van der Waals surface area contributed by atoms with Gasteiger partial charge in [0.1, 0.15) is 0 Å².